The van der Waals surface area contributed by atoms with Crippen LogP contribution in [0.5, 0.6) is 0 Å². The molecule has 0 radical (unpaired) electrons. The zero-order valence-corrected chi connectivity index (χ0v) is 7.92. The number of hydrogen-bond acceptors (Lipinski definition) is 5. The number of aromatic nitrogens is 2. The molecule has 13 heavy (non-hydrogen) atoms. The van der Waals surface area contributed by atoms with E-state index in [1.54, 1.807) is 6.20 Å². The summed E-state index contributed by atoms with van der Waals surface area (Å²) in [4.78, 5) is 11.9. The highest BCUT2D eigenvalue weighted by atomic mass is 32.1. The largest absolute Gasteiger partial charge is 0.367 e. The third-order valence-electron chi connectivity index (χ3n) is 2.23. The van der Waals surface area contributed by atoms with Gasteiger partial charge in [0, 0.05) is 17.9 Å². The quantitative estimate of drug-likeness (QED) is 0.675. The predicted molar refractivity (Wildman–Crippen MR) is 47.6 cm³/mol. The molecule has 1 fully saturated rings. The second kappa shape index (κ2) is 3.51. The van der Waals surface area contributed by atoms with Crippen molar-refractivity contribution in [1.29, 1.82) is 0 Å². The summed E-state index contributed by atoms with van der Waals surface area (Å²) in [6.07, 6.45) is 5.00. The van der Waals surface area contributed by atoms with Crippen LogP contribution < -0.4 is 0 Å². The van der Waals surface area contributed by atoms with Gasteiger partial charge in [-0.3, -0.25) is 0 Å². The second-order valence-electron chi connectivity index (χ2n) is 3.20. The molecule has 4 nitrogen and oxygen atoms in total. The van der Waals surface area contributed by atoms with Gasteiger partial charge in [0.05, 0.1) is 6.20 Å². The Morgan fingerprint density at radius 3 is 3.23 bits per heavy atom. The Balaban J connectivity index is 2.10. The van der Waals surface area contributed by atoms with Gasteiger partial charge in [0.1, 0.15) is 5.60 Å². The molecule has 1 atom stereocenters. The van der Waals surface area contributed by atoms with Crippen LogP contribution in [0.2, 0.25) is 0 Å². The van der Waals surface area contributed by atoms with Crippen molar-refractivity contribution < 1.29 is 9.53 Å². The second-order valence-corrected chi connectivity index (χ2v) is 4.07. The fourth-order valence-corrected chi connectivity index (χ4v) is 2.16. The molecule has 1 aromatic rings. The number of carbonyl (C=O) groups is 1. The third kappa shape index (κ3) is 1.76. The van der Waals surface area contributed by atoms with Crippen LogP contribution in [0.4, 0.5) is 0 Å². The maximum Gasteiger partial charge on any atom is 0.152 e. The van der Waals surface area contributed by atoms with E-state index < -0.39 is 5.60 Å². The minimum Gasteiger partial charge on any atom is -0.367 e. The number of nitrogens with zero attached hydrogens (tertiary/aromatic N) is 2. The standard InChI is InChI=1S/C8H10N2O2S/c11-6-8(2-1-3-12-8)4-7-5-9-10-13-7/h5-6H,1-4H2. The van der Waals surface area contributed by atoms with E-state index >= 15 is 0 Å². The van der Waals surface area contributed by atoms with Gasteiger partial charge in [0.15, 0.2) is 6.29 Å². The van der Waals surface area contributed by atoms with Crippen LogP contribution in [0.3, 0.4) is 0 Å². The number of aldehydes is 1. The van der Waals surface area contributed by atoms with Crippen LogP contribution in [-0.2, 0) is 16.0 Å². The fraction of sp³-hybridized carbons (Fsp3) is 0.625. The van der Waals surface area contributed by atoms with Gasteiger partial charge in [-0.25, -0.2) is 0 Å². The predicted octanol–water partition coefficient (Wildman–Crippen LogP) is 0.829. The lowest BCUT2D eigenvalue weighted by molar-refractivity contribution is -0.125. The van der Waals surface area contributed by atoms with Crippen molar-refractivity contribution in [2.24, 2.45) is 0 Å². The van der Waals surface area contributed by atoms with Gasteiger partial charge >= 0.3 is 0 Å². The third-order valence-corrected chi connectivity index (χ3v) is 2.89. The molecule has 2 heterocycles. The van der Waals surface area contributed by atoms with Gasteiger partial charge in [0.2, 0.25) is 0 Å². The van der Waals surface area contributed by atoms with Crippen LogP contribution in [0, 0.1) is 0 Å². The summed E-state index contributed by atoms with van der Waals surface area (Å²) in [6.45, 7) is 0.685. The van der Waals surface area contributed by atoms with E-state index in [1.165, 1.54) is 11.5 Å². The Labute approximate surface area is 80.1 Å². The first-order chi connectivity index (χ1) is 6.35. The molecule has 0 amide bonds. The lowest BCUT2D eigenvalue weighted by Crippen LogP contribution is -2.32. The molecule has 1 aliphatic rings. The number of ether oxygens (including phenoxy) is 1. The average Bonchev–Trinajstić information content (AvgIpc) is 2.77. The topological polar surface area (TPSA) is 52.1 Å². The highest BCUT2D eigenvalue weighted by Crippen LogP contribution is 2.28. The minimum atomic E-state index is -0.589. The van der Waals surface area contributed by atoms with Crippen molar-refractivity contribution in [2.45, 2.75) is 24.9 Å². The maximum absolute atomic E-state index is 10.9. The zero-order chi connectivity index (χ0) is 9.15. The van der Waals surface area contributed by atoms with Gasteiger partial charge in [-0.05, 0) is 24.4 Å². The van der Waals surface area contributed by atoms with Gasteiger partial charge in [-0.1, -0.05) is 4.49 Å². The smallest absolute Gasteiger partial charge is 0.152 e. The average molecular weight is 198 g/mol. The van der Waals surface area contributed by atoms with Crippen LogP contribution in [-0.4, -0.2) is 28.1 Å². The number of rotatable bonds is 3. The molecule has 1 aromatic heterocycles. The summed E-state index contributed by atoms with van der Waals surface area (Å²) >= 11 is 1.32. The van der Waals surface area contributed by atoms with Crippen LogP contribution in [0.25, 0.3) is 0 Å². The van der Waals surface area contributed by atoms with E-state index in [9.17, 15) is 4.79 Å². The lowest BCUT2D eigenvalue weighted by atomic mass is 9.97. The molecular weight excluding hydrogens is 188 g/mol. The van der Waals surface area contributed by atoms with E-state index in [1.807, 2.05) is 0 Å². The van der Waals surface area contributed by atoms with Crippen LogP contribution >= 0.6 is 11.5 Å². The summed E-state index contributed by atoms with van der Waals surface area (Å²) in [5, 5.41) is 3.73. The Kier molecular flexibility index (Phi) is 2.37. The van der Waals surface area contributed by atoms with E-state index in [2.05, 4.69) is 9.59 Å². The molecule has 1 saturated heterocycles. The fourth-order valence-electron chi connectivity index (χ4n) is 1.55. The first-order valence-corrected chi connectivity index (χ1v) is 4.98. The number of hydrogen-bond donors (Lipinski definition) is 0. The van der Waals surface area contributed by atoms with Crippen LogP contribution in [0.1, 0.15) is 17.7 Å². The Morgan fingerprint density at radius 2 is 2.69 bits per heavy atom. The maximum atomic E-state index is 10.9. The summed E-state index contributed by atoms with van der Waals surface area (Å²) < 4.78 is 9.20. The molecule has 70 valence electrons. The molecule has 2 rings (SSSR count). The lowest BCUT2D eigenvalue weighted by Gasteiger charge is -2.19. The minimum absolute atomic E-state index is 0.589. The first-order valence-electron chi connectivity index (χ1n) is 4.21. The van der Waals surface area contributed by atoms with Crippen molar-refractivity contribution in [2.75, 3.05) is 6.61 Å². The van der Waals surface area contributed by atoms with Crippen LogP contribution in [0.15, 0.2) is 6.20 Å². The van der Waals surface area contributed by atoms with Gasteiger partial charge in [-0.2, -0.15) is 0 Å². The molecule has 5 heteroatoms. The van der Waals surface area contributed by atoms with E-state index in [4.69, 9.17) is 4.74 Å². The highest BCUT2D eigenvalue weighted by molar-refractivity contribution is 7.05. The molecule has 1 unspecified atom stereocenters. The Bertz CT molecular complexity index is 280. The molecule has 0 bridgehead atoms. The highest BCUT2D eigenvalue weighted by Gasteiger charge is 2.35. The van der Waals surface area contributed by atoms with Crippen molar-refractivity contribution >= 4 is 17.8 Å². The van der Waals surface area contributed by atoms with E-state index in [0.29, 0.717) is 13.0 Å². The number of carbonyl (C=O) groups excluding carboxylic acids is 1. The first kappa shape index (κ1) is 8.77. The van der Waals surface area contributed by atoms with Gasteiger partial charge < -0.3 is 9.53 Å². The molecule has 0 aromatic carbocycles. The molecule has 0 spiro atoms. The van der Waals surface area contributed by atoms with Gasteiger partial charge in [-0.15, -0.1) is 5.10 Å². The van der Waals surface area contributed by atoms with E-state index in [-0.39, 0.29) is 0 Å². The summed E-state index contributed by atoms with van der Waals surface area (Å²) in [6, 6.07) is 0. The SMILES string of the molecule is O=CC1(Cc2cnns2)CCCO1. The molecular formula is C8H10N2O2S. The monoisotopic (exact) mass is 198 g/mol. The molecule has 0 saturated carbocycles. The summed E-state index contributed by atoms with van der Waals surface area (Å²) in [5.74, 6) is 0. The van der Waals surface area contributed by atoms with Gasteiger partial charge in [0.25, 0.3) is 0 Å². The van der Waals surface area contributed by atoms with Crippen molar-refractivity contribution in [3.63, 3.8) is 0 Å². The normalized spacial score (nSPS) is 27.7. The molecule has 0 aliphatic carbocycles. The van der Waals surface area contributed by atoms with E-state index in [0.717, 1.165) is 24.0 Å². The molecule has 0 N–H and O–H groups in total. The summed E-state index contributed by atoms with van der Waals surface area (Å²) in [5.41, 5.74) is -0.589. The Morgan fingerprint density at radius 1 is 1.77 bits per heavy atom. The Hall–Kier alpha value is -0.810. The van der Waals surface area contributed by atoms with Crippen molar-refractivity contribution in [3.05, 3.63) is 11.1 Å². The summed E-state index contributed by atoms with van der Waals surface area (Å²) in [7, 11) is 0. The van der Waals surface area contributed by atoms with Crippen molar-refractivity contribution in [1.82, 2.24) is 9.59 Å². The zero-order valence-electron chi connectivity index (χ0n) is 7.10. The molecule has 1 aliphatic heterocycles. The van der Waals surface area contributed by atoms with Crippen molar-refractivity contribution in [3.8, 4) is 0 Å².